The zero-order chi connectivity index (χ0) is 15.7. The molecule has 2 aliphatic rings. The molecule has 2 saturated heterocycles. The van der Waals surface area contributed by atoms with Crippen molar-refractivity contribution in [3.05, 3.63) is 0 Å². The predicted octanol–water partition coefficient (Wildman–Crippen LogP) is 3.03. The van der Waals surface area contributed by atoms with Crippen LogP contribution in [-0.4, -0.2) is 61.1 Å². The molecule has 2 heterocycles. The molecule has 0 radical (unpaired) electrons. The lowest BCUT2D eigenvalue weighted by atomic mass is 9.65. The Kier molecular flexibility index (Phi) is 6.99. The number of nitrogens with zero attached hydrogens (tertiary/aromatic N) is 3. The second-order valence-electron chi connectivity index (χ2n) is 7.86. The van der Waals surface area contributed by atoms with Crippen molar-refractivity contribution in [1.29, 1.82) is 0 Å². The van der Waals surface area contributed by atoms with Gasteiger partial charge in [0.2, 0.25) is 0 Å². The Labute approximate surface area is 154 Å². The van der Waals surface area contributed by atoms with Gasteiger partial charge in [-0.1, -0.05) is 20.8 Å². The molecule has 0 aromatic carbocycles. The predicted molar refractivity (Wildman–Crippen MR) is 106 cm³/mol. The Bertz CT molecular complexity index is 392. The zero-order valence-electron chi connectivity index (χ0n) is 15.3. The van der Waals surface area contributed by atoms with E-state index in [0.717, 1.165) is 25.0 Å². The summed E-state index contributed by atoms with van der Waals surface area (Å²) in [4.78, 5) is 9.50. The molecule has 0 aromatic rings. The fraction of sp³-hybridized carbons (Fsp3) is 0.941. The monoisotopic (exact) mass is 422 g/mol. The summed E-state index contributed by atoms with van der Waals surface area (Å²) in [5.74, 6) is 1.83. The Balaban J connectivity index is 0.00000242. The fourth-order valence-electron chi connectivity index (χ4n) is 3.54. The highest BCUT2D eigenvalue weighted by molar-refractivity contribution is 14.0. The van der Waals surface area contributed by atoms with E-state index in [0.29, 0.717) is 5.41 Å². The largest absolute Gasteiger partial charge is 0.356 e. The van der Waals surface area contributed by atoms with E-state index in [1.807, 2.05) is 7.05 Å². The van der Waals surface area contributed by atoms with Crippen LogP contribution in [0.4, 0.5) is 0 Å². The molecular weight excluding hydrogens is 387 g/mol. The number of likely N-dealkylation sites (tertiary alicyclic amines) is 2. The van der Waals surface area contributed by atoms with Crippen LogP contribution in [0.2, 0.25) is 0 Å². The van der Waals surface area contributed by atoms with Crippen LogP contribution in [-0.2, 0) is 0 Å². The summed E-state index contributed by atoms with van der Waals surface area (Å²) in [7, 11) is 1.91. The highest BCUT2D eigenvalue weighted by Crippen LogP contribution is 2.46. The maximum absolute atomic E-state index is 4.51. The topological polar surface area (TPSA) is 30.9 Å². The lowest BCUT2D eigenvalue weighted by Gasteiger charge is -2.62. The van der Waals surface area contributed by atoms with Crippen LogP contribution >= 0.6 is 24.0 Å². The molecule has 0 amide bonds. The maximum Gasteiger partial charge on any atom is 0.194 e. The van der Waals surface area contributed by atoms with Crippen molar-refractivity contribution in [2.75, 3.05) is 39.8 Å². The highest BCUT2D eigenvalue weighted by atomic mass is 127. The summed E-state index contributed by atoms with van der Waals surface area (Å²) in [6.45, 7) is 17.4. The van der Waals surface area contributed by atoms with E-state index in [1.165, 1.54) is 32.5 Å². The molecule has 2 aliphatic heterocycles. The van der Waals surface area contributed by atoms with Gasteiger partial charge in [-0.3, -0.25) is 4.99 Å². The van der Waals surface area contributed by atoms with Crippen molar-refractivity contribution in [2.24, 2.45) is 16.3 Å². The summed E-state index contributed by atoms with van der Waals surface area (Å²) in [5.41, 5.74) is 0.533. The number of nitrogens with one attached hydrogen (secondary N) is 1. The van der Waals surface area contributed by atoms with Crippen molar-refractivity contribution in [1.82, 2.24) is 15.1 Å². The van der Waals surface area contributed by atoms with Crippen molar-refractivity contribution >= 4 is 29.9 Å². The smallest absolute Gasteiger partial charge is 0.194 e. The second kappa shape index (κ2) is 7.69. The van der Waals surface area contributed by atoms with Gasteiger partial charge in [-0.2, -0.15) is 0 Å². The van der Waals surface area contributed by atoms with Crippen LogP contribution in [0.15, 0.2) is 4.99 Å². The van der Waals surface area contributed by atoms with Gasteiger partial charge in [0.1, 0.15) is 0 Å². The third kappa shape index (κ3) is 3.89. The number of rotatable bonds is 3. The minimum Gasteiger partial charge on any atom is -0.356 e. The average Bonchev–Trinajstić information content (AvgIpc) is 2.47. The van der Waals surface area contributed by atoms with Gasteiger partial charge in [0, 0.05) is 37.6 Å². The molecule has 2 fully saturated rings. The number of hydrogen-bond acceptors (Lipinski definition) is 2. The molecule has 0 aliphatic carbocycles. The van der Waals surface area contributed by atoms with Crippen LogP contribution in [0.5, 0.6) is 0 Å². The molecule has 0 aromatic heterocycles. The molecule has 1 unspecified atom stereocenters. The summed E-state index contributed by atoms with van der Waals surface area (Å²) in [6, 6.07) is 0. The van der Waals surface area contributed by atoms with E-state index >= 15 is 0 Å². The van der Waals surface area contributed by atoms with E-state index < -0.39 is 0 Å². The maximum atomic E-state index is 4.51. The summed E-state index contributed by atoms with van der Waals surface area (Å²) >= 11 is 0. The number of halogens is 1. The Morgan fingerprint density at radius 2 is 1.95 bits per heavy atom. The Morgan fingerprint density at radius 1 is 1.27 bits per heavy atom. The van der Waals surface area contributed by atoms with E-state index in [9.17, 15) is 0 Å². The molecule has 0 saturated carbocycles. The van der Waals surface area contributed by atoms with Crippen molar-refractivity contribution in [2.45, 2.75) is 53.0 Å². The van der Waals surface area contributed by atoms with Gasteiger partial charge >= 0.3 is 0 Å². The third-order valence-electron chi connectivity index (χ3n) is 5.95. The first-order valence-corrected chi connectivity index (χ1v) is 8.52. The first-order chi connectivity index (χ1) is 9.81. The van der Waals surface area contributed by atoms with Gasteiger partial charge in [0.05, 0.1) is 0 Å². The van der Waals surface area contributed by atoms with Crippen molar-refractivity contribution in [3.63, 3.8) is 0 Å². The van der Waals surface area contributed by atoms with Crippen LogP contribution in [0.25, 0.3) is 0 Å². The molecular formula is C17H35IN4. The number of piperidine rings is 1. The molecule has 0 spiro atoms. The van der Waals surface area contributed by atoms with Crippen LogP contribution in [0.3, 0.4) is 0 Å². The van der Waals surface area contributed by atoms with E-state index in [2.05, 4.69) is 54.7 Å². The lowest BCUT2D eigenvalue weighted by Crippen LogP contribution is -2.72. The number of guanidine groups is 1. The Morgan fingerprint density at radius 3 is 2.45 bits per heavy atom. The van der Waals surface area contributed by atoms with Crippen molar-refractivity contribution < 1.29 is 0 Å². The quantitative estimate of drug-likeness (QED) is 0.431. The Hall–Kier alpha value is -0.0400. The third-order valence-corrected chi connectivity index (χ3v) is 5.95. The molecule has 1 N–H and O–H groups in total. The van der Waals surface area contributed by atoms with Crippen LogP contribution in [0, 0.1) is 11.3 Å². The SMILES string of the molecule is CCN1CCCC(CNC(=NC)N2CC(C)(C)C2(C)C)C1.I. The first-order valence-electron chi connectivity index (χ1n) is 8.52. The van der Waals surface area contributed by atoms with Gasteiger partial charge < -0.3 is 15.1 Å². The summed E-state index contributed by atoms with van der Waals surface area (Å²) < 4.78 is 0. The number of hydrogen-bond donors (Lipinski definition) is 1. The minimum atomic E-state index is 0. The molecule has 2 rings (SSSR count). The standard InChI is InChI=1S/C17H34N4.HI/c1-7-20-10-8-9-14(12-20)11-19-15(18-6)21-13-16(2,3)17(21,4)5;/h14H,7-13H2,1-6H3,(H,18,19);1H. The van der Waals surface area contributed by atoms with Crippen LogP contribution in [0.1, 0.15) is 47.5 Å². The molecule has 22 heavy (non-hydrogen) atoms. The van der Waals surface area contributed by atoms with Gasteiger partial charge in [-0.25, -0.2) is 0 Å². The van der Waals surface area contributed by atoms with Gasteiger partial charge in [-0.15, -0.1) is 24.0 Å². The van der Waals surface area contributed by atoms with E-state index in [-0.39, 0.29) is 29.5 Å². The van der Waals surface area contributed by atoms with E-state index in [4.69, 9.17) is 0 Å². The van der Waals surface area contributed by atoms with Crippen LogP contribution < -0.4 is 5.32 Å². The van der Waals surface area contributed by atoms with Gasteiger partial charge in [0.25, 0.3) is 0 Å². The van der Waals surface area contributed by atoms with Gasteiger partial charge in [-0.05, 0) is 45.7 Å². The highest BCUT2D eigenvalue weighted by Gasteiger charge is 2.53. The van der Waals surface area contributed by atoms with Crippen molar-refractivity contribution in [3.8, 4) is 0 Å². The lowest BCUT2D eigenvalue weighted by molar-refractivity contribution is -0.0669. The first kappa shape index (κ1) is 20.0. The minimum absolute atomic E-state index is 0. The summed E-state index contributed by atoms with van der Waals surface area (Å²) in [5, 5.41) is 3.63. The summed E-state index contributed by atoms with van der Waals surface area (Å²) in [6.07, 6.45) is 2.68. The zero-order valence-corrected chi connectivity index (χ0v) is 17.6. The average molecular weight is 422 g/mol. The van der Waals surface area contributed by atoms with Gasteiger partial charge in [0.15, 0.2) is 5.96 Å². The normalized spacial score (nSPS) is 27.8. The molecule has 0 bridgehead atoms. The molecule has 4 nitrogen and oxygen atoms in total. The number of aliphatic imine (C=N–C) groups is 1. The molecule has 5 heteroatoms. The van der Waals surface area contributed by atoms with E-state index in [1.54, 1.807) is 0 Å². The molecule has 130 valence electrons. The fourth-order valence-corrected chi connectivity index (χ4v) is 3.54. The molecule has 1 atom stereocenters. The second-order valence-corrected chi connectivity index (χ2v) is 7.86.